The van der Waals surface area contributed by atoms with Gasteiger partial charge in [-0.05, 0) is 19.1 Å². The lowest BCUT2D eigenvalue weighted by Crippen LogP contribution is -2.32. The number of ketones is 1. The molecule has 0 fully saturated rings. The Labute approximate surface area is 190 Å². The highest BCUT2D eigenvalue weighted by molar-refractivity contribution is 6.32. The number of esters is 1. The molecule has 2 atom stereocenters. The molecule has 2 unspecified atom stereocenters. The van der Waals surface area contributed by atoms with Gasteiger partial charge in [0, 0.05) is 17.5 Å². The molecule has 34 heavy (non-hydrogen) atoms. The summed E-state index contributed by atoms with van der Waals surface area (Å²) < 4.78 is 42.7. The zero-order chi connectivity index (χ0) is 25.2. The number of aromatic hydroxyl groups is 1. The third kappa shape index (κ3) is 5.01. The van der Waals surface area contributed by atoms with Gasteiger partial charge in [-0.1, -0.05) is 24.3 Å². The van der Waals surface area contributed by atoms with Crippen LogP contribution >= 0.6 is 0 Å². The first kappa shape index (κ1) is 24.7. The predicted molar refractivity (Wildman–Crippen MR) is 111 cm³/mol. The van der Waals surface area contributed by atoms with E-state index in [1.807, 2.05) is 0 Å². The van der Waals surface area contributed by atoms with Crippen molar-refractivity contribution in [2.24, 2.45) is 10.7 Å². The first-order valence-electron chi connectivity index (χ1n) is 9.89. The fraction of sp³-hybridized carbons (Fsp3) is 0.273. The summed E-state index contributed by atoms with van der Waals surface area (Å²) in [6.45, 7) is 1.65. The van der Waals surface area contributed by atoms with Crippen LogP contribution in [-0.4, -0.2) is 58.7 Å². The number of hydrogen-bond donors (Lipinski definition) is 3. The number of nitrogens with two attached hydrogens (primary N) is 1. The number of carbonyl (C=O) groups is 3. The quantitative estimate of drug-likeness (QED) is 0.482. The number of aliphatic imine (C=N–C) groups is 1. The number of carbonyl (C=O) groups excluding carboxylic acids is 2. The Morgan fingerprint density at radius 2 is 1.76 bits per heavy atom. The highest BCUT2D eigenvalue weighted by Gasteiger charge is 2.38. The van der Waals surface area contributed by atoms with E-state index in [9.17, 15) is 27.9 Å². The lowest BCUT2D eigenvalue weighted by Gasteiger charge is -2.30. The molecule has 9 nitrogen and oxygen atoms in total. The van der Waals surface area contributed by atoms with Gasteiger partial charge in [-0.25, -0.2) is 9.79 Å². The Morgan fingerprint density at radius 3 is 2.35 bits per heavy atom. The van der Waals surface area contributed by atoms with Gasteiger partial charge < -0.3 is 25.4 Å². The largest absolute Gasteiger partial charge is 0.507 e. The Kier molecular flexibility index (Phi) is 6.91. The summed E-state index contributed by atoms with van der Waals surface area (Å²) in [6.07, 6.45) is -5.37. The van der Waals surface area contributed by atoms with Crippen LogP contribution in [0.4, 0.5) is 13.2 Å². The number of ether oxygens (including phenoxy) is 2. The van der Waals surface area contributed by atoms with Gasteiger partial charge in [0.1, 0.15) is 17.5 Å². The number of carboxylic acids is 1. The van der Waals surface area contributed by atoms with Crippen LogP contribution < -0.4 is 10.5 Å². The van der Waals surface area contributed by atoms with Crippen molar-refractivity contribution in [1.29, 1.82) is 0 Å². The first-order valence-corrected chi connectivity index (χ1v) is 9.89. The van der Waals surface area contributed by atoms with Crippen LogP contribution in [0.25, 0.3) is 0 Å². The Bertz CT molecular complexity index is 1180. The molecular weight excluding hydrogens is 461 g/mol. The van der Waals surface area contributed by atoms with E-state index in [2.05, 4.69) is 4.99 Å². The van der Waals surface area contributed by atoms with E-state index in [0.717, 1.165) is 0 Å². The van der Waals surface area contributed by atoms with Crippen LogP contribution in [0.2, 0.25) is 0 Å². The fourth-order valence-electron chi connectivity index (χ4n) is 3.27. The summed E-state index contributed by atoms with van der Waals surface area (Å²) in [5.41, 5.74) is 7.88. The molecule has 0 saturated carbocycles. The molecule has 0 amide bonds. The van der Waals surface area contributed by atoms with Crippen LogP contribution in [-0.2, 0) is 14.3 Å². The summed E-state index contributed by atoms with van der Waals surface area (Å²) in [4.78, 5) is 37.8. The van der Waals surface area contributed by atoms with Gasteiger partial charge in [0.15, 0.2) is 12.0 Å². The molecule has 180 valence electrons. The highest BCUT2D eigenvalue weighted by atomic mass is 19.4. The minimum atomic E-state index is -5.08. The van der Waals surface area contributed by atoms with Gasteiger partial charge >= 0.3 is 18.1 Å². The molecule has 2 aromatic rings. The SMILES string of the molecule is CC(N)C(=O)OCCC1N=C2c3c(O)cccc3C(=O)c3cccc(c32)O1.O=C(O)C(F)(F)F. The van der Waals surface area contributed by atoms with Crippen molar-refractivity contribution >= 4 is 23.4 Å². The molecule has 0 radical (unpaired) electrons. The maximum absolute atomic E-state index is 12.8. The van der Waals surface area contributed by atoms with E-state index in [1.165, 1.54) is 6.07 Å². The number of alkyl halides is 3. The first-order chi connectivity index (χ1) is 15.9. The summed E-state index contributed by atoms with van der Waals surface area (Å²) >= 11 is 0. The number of halogens is 3. The van der Waals surface area contributed by atoms with Crippen LogP contribution in [0.1, 0.15) is 40.4 Å². The summed E-state index contributed by atoms with van der Waals surface area (Å²) in [5, 5.41) is 17.5. The van der Waals surface area contributed by atoms with Gasteiger partial charge in [0.05, 0.1) is 23.4 Å². The van der Waals surface area contributed by atoms with Crippen molar-refractivity contribution in [3.05, 3.63) is 58.7 Å². The number of hydrogen-bond acceptors (Lipinski definition) is 8. The van der Waals surface area contributed by atoms with E-state index in [0.29, 0.717) is 40.1 Å². The molecule has 1 aliphatic carbocycles. The molecule has 4 rings (SSSR count). The van der Waals surface area contributed by atoms with Crippen LogP contribution in [0.3, 0.4) is 0 Å². The van der Waals surface area contributed by atoms with E-state index in [-0.39, 0.29) is 18.1 Å². The third-order valence-corrected chi connectivity index (χ3v) is 4.79. The maximum Gasteiger partial charge on any atom is 0.490 e. The molecule has 1 heterocycles. The van der Waals surface area contributed by atoms with Crippen molar-refractivity contribution in [1.82, 2.24) is 0 Å². The van der Waals surface area contributed by atoms with Gasteiger partial charge in [0.2, 0.25) is 0 Å². The minimum Gasteiger partial charge on any atom is -0.507 e. The molecule has 12 heteroatoms. The van der Waals surface area contributed by atoms with Crippen molar-refractivity contribution in [2.45, 2.75) is 31.8 Å². The molecule has 1 aliphatic heterocycles. The number of benzene rings is 2. The minimum absolute atomic E-state index is 0.0101. The van der Waals surface area contributed by atoms with Gasteiger partial charge in [-0.3, -0.25) is 9.59 Å². The lowest BCUT2D eigenvalue weighted by molar-refractivity contribution is -0.192. The normalized spacial score (nSPS) is 16.6. The number of phenols is 1. The summed E-state index contributed by atoms with van der Waals surface area (Å²) in [5.74, 6) is -2.92. The number of phenolic OH excluding ortho intramolecular Hbond substituents is 1. The molecule has 4 N–H and O–H groups in total. The predicted octanol–water partition coefficient (Wildman–Crippen LogP) is 2.41. The lowest BCUT2D eigenvalue weighted by atomic mass is 9.82. The summed E-state index contributed by atoms with van der Waals surface area (Å²) in [6, 6.07) is 9.35. The number of aliphatic carboxylic acids is 1. The Balaban J connectivity index is 0.000000406. The molecule has 2 aromatic carbocycles. The number of carboxylic acid groups (broad SMARTS) is 1. The monoisotopic (exact) mass is 480 g/mol. The fourth-order valence-corrected chi connectivity index (χ4v) is 3.27. The van der Waals surface area contributed by atoms with Crippen LogP contribution in [0, 0.1) is 0 Å². The van der Waals surface area contributed by atoms with Gasteiger partial charge in [0.25, 0.3) is 0 Å². The van der Waals surface area contributed by atoms with Crippen molar-refractivity contribution in [3.8, 4) is 11.5 Å². The van der Waals surface area contributed by atoms with Gasteiger partial charge in [-0.15, -0.1) is 0 Å². The van der Waals surface area contributed by atoms with Crippen LogP contribution in [0.5, 0.6) is 11.5 Å². The number of fused-ring (bicyclic) bond motifs is 2. The van der Waals surface area contributed by atoms with Crippen molar-refractivity contribution in [3.63, 3.8) is 0 Å². The van der Waals surface area contributed by atoms with Crippen molar-refractivity contribution in [2.75, 3.05) is 6.61 Å². The Hall–Kier alpha value is -3.93. The smallest absolute Gasteiger partial charge is 0.490 e. The van der Waals surface area contributed by atoms with E-state index in [1.54, 1.807) is 37.3 Å². The summed E-state index contributed by atoms with van der Waals surface area (Å²) in [7, 11) is 0. The van der Waals surface area contributed by atoms with Crippen molar-refractivity contribution < 1.29 is 47.2 Å². The molecule has 0 bridgehead atoms. The van der Waals surface area contributed by atoms with E-state index >= 15 is 0 Å². The zero-order valence-electron chi connectivity index (χ0n) is 17.6. The molecular formula is C22H19F3N2O7. The number of rotatable bonds is 4. The molecule has 0 spiro atoms. The van der Waals surface area contributed by atoms with Gasteiger partial charge in [-0.2, -0.15) is 13.2 Å². The second-order valence-electron chi connectivity index (χ2n) is 7.31. The topological polar surface area (TPSA) is 149 Å². The van der Waals surface area contributed by atoms with E-state index < -0.39 is 30.4 Å². The van der Waals surface area contributed by atoms with E-state index in [4.69, 9.17) is 25.1 Å². The molecule has 0 aromatic heterocycles. The highest BCUT2D eigenvalue weighted by Crippen LogP contribution is 2.40. The maximum atomic E-state index is 12.8. The second-order valence-corrected chi connectivity index (χ2v) is 7.31. The average molecular weight is 480 g/mol. The molecule has 2 aliphatic rings. The standard InChI is InChI=1S/C20H18N2O5.C2HF3O2/c1-10(21)20(25)26-9-8-15-22-18-16-11(4-2-6-13(16)23)19(24)12-5-3-7-14(27-15)17(12)18;3-2(4,5)1(6)7/h2-7,10,15,23H,8-9,21H2,1H3;(H,6,7). The zero-order valence-corrected chi connectivity index (χ0v) is 17.6. The third-order valence-electron chi connectivity index (χ3n) is 4.79. The second kappa shape index (κ2) is 9.51. The molecule has 0 saturated heterocycles. The number of nitrogens with zero attached hydrogens (tertiary/aromatic N) is 1. The average Bonchev–Trinajstić information content (AvgIpc) is 2.76. The Morgan fingerprint density at radius 1 is 1.18 bits per heavy atom. The van der Waals surface area contributed by atoms with Crippen LogP contribution in [0.15, 0.2) is 41.4 Å².